The molecule has 104 valence electrons. The smallest absolute Gasteiger partial charge is 0.226 e. The molecule has 3 rings (SSSR count). The minimum atomic E-state index is -0.315. The maximum atomic E-state index is 12.2. The number of carbonyl (C=O) groups excluding carboxylic acids is 1. The van der Waals surface area contributed by atoms with Crippen molar-refractivity contribution >= 4 is 21.7 Å². The normalized spacial score (nSPS) is 32.1. The van der Waals surface area contributed by atoms with Crippen molar-refractivity contribution < 1.29 is 4.79 Å². The lowest BCUT2D eigenvalue weighted by Gasteiger charge is -2.44. The number of hydrogen-bond donors (Lipinski definition) is 0. The molecule has 0 spiro atoms. The summed E-state index contributed by atoms with van der Waals surface area (Å²) in [6.45, 7) is 11.3. The fraction of sp³-hybridized carbons (Fsp3) is 0.533. The largest absolute Gasteiger partial charge is 0.308 e. The lowest BCUT2D eigenvalue weighted by Crippen LogP contribution is -2.45. The Kier molecular flexibility index (Phi) is 2.91. The molecule has 4 nitrogen and oxygen atoms in total. The van der Waals surface area contributed by atoms with Crippen LogP contribution in [0.5, 0.6) is 0 Å². The molecule has 0 aromatic carbocycles. The van der Waals surface area contributed by atoms with E-state index in [1.807, 2.05) is 24.7 Å². The third-order valence-corrected chi connectivity index (χ3v) is 5.87. The van der Waals surface area contributed by atoms with Crippen molar-refractivity contribution in [1.29, 1.82) is 0 Å². The second-order valence-electron chi connectivity index (χ2n) is 5.96. The molecule has 0 aliphatic heterocycles. The molecule has 0 N–H and O–H groups in total. The highest BCUT2D eigenvalue weighted by atomic mass is 79.9. The third-order valence-electron chi connectivity index (χ3n) is 4.88. The molecular formula is C15H16BrN3O. The zero-order valence-electron chi connectivity index (χ0n) is 11.8. The molecule has 2 aliphatic rings. The van der Waals surface area contributed by atoms with Gasteiger partial charge in [0, 0.05) is 23.9 Å². The summed E-state index contributed by atoms with van der Waals surface area (Å²) in [4.78, 5) is 15.7. The number of halogens is 1. The van der Waals surface area contributed by atoms with Crippen LogP contribution in [0, 0.1) is 18.4 Å². The zero-order valence-corrected chi connectivity index (χ0v) is 13.4. The van der Waals surface area contributed by atoms with Crippen LogP contribution in [0.2, 0.25) is 0 Å². The number of nitrogens with zero attached hydrogens (tertiary/aromatic N) is 3. The Balaban J connectivity index is 2.26. The van der Waals surface area contributed by atoms with Gasteiger partial charge in [0.2, 0.25) is 5.70 Å². The first kappa shape index (κ1) is 13.6. The van der Waals surface area contributed by atoms with Gasteiger partial charge in [-0.25, -0.2) is 4.85 Å². The highest BCUT2D eigenvalue weighted by Gasteiger charge is 2.49. The van der Waals surface area contributed by atoms with Gasteiger partial charge in [-0.3, -0.25) is 4.68 Å². The number of rotatable bonds is 0. The summed E-state index contributed by atoms with van der Waals surface area (Å²) in [5.74, 6) is 0.110. The summed E-state index contributed by atoms with van der Waals surface area (Å²) in [6, 6.07) is 0. The van der Waals surface area contributed by atoms with Gasteiger partial charge < -0.3 is 4.79 Å². The van der Waals surface area contributed by atoms with Crippen molar-refractivity contribution in [2.24, 2.45) is 18.9 Å². The van der Waals surface area contributed by atoms with Crippen LogP contribution in [0.1, 0.15) is 31.5 Å². The van der Waals surface area contributed by atoms with E-state index < -0.39 is 0 Å². The Hall–Kier alpha value is -1.41. The predicted octanol–water partition coefficient (Wildman–Crippen LogP) is 3.02. The van der Waals surface area contributed by atoms with Crippen LogP contribution in [0.4, 0.5) is 0 Å². The van der Waals surface area contributed by atoms with Crippen molar-refractivity contribution in [2.75, 3.05) is 0 Å². The van der Waals surface area contributed by atoms with E-state index in [1.165, 1.54) is 5.56 Å². The number of fused-ring (bicyclic) bond motifs is 3. The van der Waals surface area contributed by atoms with E-state index in [-0.39, 0.29) is 28.7 Å². The molecule has 20 heavy (non-hydrogen) atoms. The minimum Gasteiger partial charge on any atom is -0.308 e. The average molecular weight is 334 g/mol. The van der Waals surface area contributed by atoms with Crippen molar-refractivity contribution in [3.8, 4) is 0 Å². The summed E-state index contributed by atoms with van der Waals surface area (Å²) in [6.07, 6.45) is 3.75. The molecule has 1 heterocycles. The van der Waals surface area contributed by atoms with Gasteiger partial charge in [-0.1, -0.05) is 19.9 Å². The topological polar surface area (TPSA) is 39.2 Å². The summed E-state index contributed by atoms with van der Waals surface area (Å²) in [5, 5.41) is 4.65. The number of aryl methyl sites for hydroxylation is 1. The Morgan fingerprint density at radius 1 is 1.60 bits per heavy atom. The molecular weight excluding hydrogens is 318 g/mol. The molecule has 0 fully saturated rings. The lowest BCUT2D eigenvalue weighted by molar-refractivity contribution is -0.121. The molecule has 0 amide bonds. The van der Waals surface area contributed by atoms with Crippen LogP contribution < -0.4 is 0 Å². The summed E-state index contributed by atoms with van der Waals surface area (Å²) < 4.78 is 2.85. The first-order valence-corrected chi connectivity index (χ1v) is 7.55. The van der Waals surface area contributed by atoms with Crippen molar-refractivity contribution in [3.63, 3.8) is 0 Å². The lowest BCUT2D eigenvalue weighted by atomic mass is 9.59. The third kappa shape index (κ3) is 1.58. The van der Waals surface area contributed by atoms with Crippen molar-refractivity contribution in [3.05, 3.63) is 39.1 Å². The molecule has 5 heteroatoms. The molecule has 1 aromatic rings. The van der Waals surface area contributed by atoms with Crippen molar-refractivity contribution in [2.45, 2.75) is 32.1 Å². The SMILES string of the molecule is [C-]#[N+]C1=C[C@]2(C)c3nn(C)c(Br)c3CC[C@H]2[C@H](C)C1=O. The molecule has 1 aromatic heterocycles. The Labute approximate surface area is 126 Å². The summed E-state index contributed by atoms with van der Waals surface area (Å²) >= 11 is 3.59. The van der Waals surface area contributed by atoms with Gasteiger partial charge in [-0.15, -0.1) is 0 Å². The molecule has 2 aliphatic carbocycles. The van der Waals surface area contributed by atoms with Crippen LogP contribution in [-0.2, 0) is 23.7 Å². The second-order valence-corrected chi connectivity index (χ2v) is 6.71. The molecule has 0 bridgehead atoms. The Morgan fingerprint density at radius 3 is 2.95 bits per heavy atom. The number of ketones is 1. The van der Waals surface area contributed by atoms with Gasteiger partial charge in [-0.05, 0) is 34.7 Å². The highest BCUT2D eigenvalue weighted by molar-refractivity contribution is 9.10. The molecule has 0 saturated carbocycles. The van der Waals surface area contributed by atoms with Crippen molar-refractivity contribution in [1.82, 2.24) is 9.78 Å². The highest BCUT2D eigenvalue weighted by Crippen LogP contribution is 2.50. The van der Waals surface area contributed by atoms with Crippen LogP contribution in [-0.4, -0.2) is 15.6 Å². The average Bonchev–Trinajstić information content (AvgIpc) is 2.72. The van der Waals surface area contributed by atoms with E-state index in [2.05, 4.69) is 32.8 Å². The van der Waals surface area contributed by atoms with Gasteiger partial charge in [0.05, 0.1) is 12.3 Å². The van der Waals surface area contributed by atoms with E-state index in [4.69, 9.17) is 6.57 Å². The fourth-order valence-corrected chi connectivity index (χ4v) is 4.25. The number of aromatic nitrogens is 2. The predicted molar refractivity (Wildman–Crippen MR) is 78.9 cm³/mol. The van der Waals surface area contributed by atoms with Crippen LogP contribution in [0.25, 0.3) is 4.85 Å². The van der Waals surface area contributed by atoms with E-state index >= 15 is 0 Å². The zero-order chi connectivity index (χ0) is 14.7. The quantitative estimate of drug-likeness (QED) is 0.684. The maximum absolute atomic E-state index is 12.2. The summed E-state index contributed by atoms with van der Waals surface area (Å²) in [5.41, 5.74) is 2.19. The Morgan fingerprint density at radius 2 is 2.30 bits per heavy atom. The number of hydrogen-bond acceptors (Lipinski definition) is 2. The maximum Gasteiger partial charge on any atom is 0.226 e. The van der Waals surface area contributed by atoms with Gasteiger partial charge >= 0.3 is 0 Å². The molecule has 3 atom stereocenters. The first-order chi connectivity index (χ1) is 9.40. The summed E-state index contributed by atoms with van der Waals surface area (Å²) in [7, 11) is 1.91. The molecule has 0 unspecified atom stereocenters. The minimum absolute atomic E-state index is 0.0130. The van der Waals surface area contributed by atoms with E-state index in [1.54, 1.807) is 0 Å². The molecule has 0 saturated heterocycles. The number of allylic oxidation sites excluding steroid dienone is 2. The van der Waals surface area contributed by atoms with E-state index in [9.17, 15) is 4.79 Å². The number of carbonyl (C=O) groups is 1. The van der Waals surface area contributed by atoms with Gasteiger partial charge in [0.25, 0.3) is 0 Å². The van der Waals surface area contributed by atoms with E-state index in [0.29, 0.717) is 0 Å². The second kappa shape index (κ2) is 4.29. The first-order valence-electron chi connectivity index (χ1n) is 6.76. The number of Topliss-reactive ketones (excluding diaryl/α,β-unsaturated/α-hetero) is 1. The fourth-order valence-electron chi connectivity index (χ4n) is 3.78. The Bertz CT molecular complexity index is 682. The van der Waals surface area contributed by atoms with Gasteiger partial charge in [-0.2, -0.15) is 5.10 Å². The van der Waals surface area contributed by atoms with E-state index in [0.717, 1.165) is 23.1 Å². The van der Waals surface area contributed by atoms with Crippen LogP contribution in [0.15, 0.2) is 16.4 Å². The molecule has 0 radical (unpaired) electrons. The van der Waals surface area contributed by atoms with Gasteiger partial charge in [0.15, 0.2) is 5.78 Å². The van der Waals surface area contributed by atoms with Gasteiger partial charge in [0.1, 0.15) is 4.60 Å². The standard InChI is InChI=1S/C15H16BrN3O/c1-8-10-6-5-9-13(18-19(4)14(9)16)15(10,2)7-11(17-3)12(8)20/h7-8,10H,5-6H2,1-2,4H3/t8-,10-,15-/m0/s1. The monoisotopic (exact) mass is 333 g/mol. The van der Waals surface area contributed by atoms with Crippen LogP contribution >= 0.6 is 15.9 Å². The van der Waals surface area contributed by atoms with Crippen LogP contribution in [0.3, 0.4) is 0 Å².